The third-order valence-electron chi connectivity index (χ3n) is 3.73. The molecule has 1 heterocycles. The molecule has 1 aromatic heterocycles. The molecule has 0 atom stereocenters. The summed E-state index contributed by atoms with van der Waals surface area (Å²) < 4.78 is 5.48. The number of rotatable bonds is 4. The first kappa shape index (κ1) is 17.6. The Morgan fingerprint density at radius 3 is 2.65 bits per heavy atom. The Hall–Kier alpha value is -3.20. The molecule has 26 heavy (non-hydrogen) atoms. The number of aromatic nitrogens is 1. The van der Waals surface area contributed by atoms with Crippen LogP contribution in [0.4, 0.5) is 11.4 Å². The molecule has 132 valence electrons. The average molecular weight is 418 g/mol. The highest BCUT2D eigenvalue weighted by Crippen LogP contribution is 2.31. The predicted molar refractivity (Wildman–Crippen MR) is 98.4 cm³/mol. The summed E-state index contributed by atoms with van der Waals surface area (Å²) in [6.07, 6.45) is 0. The summed E-state index contributed by atoms with van der Waals surface area (Å²) >= 11 is 3.34. The van der Waals surface area contributed by atoms with Crippen molar-refractivity contribution in [2.75, 3.05) is 12.4 Å². The van der Waals surface area contributed by atoms with E-state index in [-0.39, 0.29) is 22.6 Å². The summed E-state index contributed by atoms with van der Waals surface area (Å²) in [7, 11) is 1.22. The molecule has 0 saturated heterocycles. The van der Waals surface area contributed by atoms with Gasteiger partial charge in [-0.25, -0.2) is 4.79 Å². The smallest absolute Gasteiger partial charge is 0.356 e. The molecule has 0 radical (unpaired) electrons. The monoisotopic (exact) mass is 417 g/mol. The van der Waals surface area contributed by atoms with Crippen molar-refractivity contribution in [2.24, 2.45) is 0 Å². The minimum atomic E-state index is -0.705. The van der Waals surface area contributed by atoms with Crippen molar-refractivity contribution < 1.29 is 19.2 Å². The zero-order valence-corrected chi connectivity index (χ0v) is 15.0. The summed E-state index contributed by atoms with van der Waals surface area (Å²) in [5.74, 6) is -1.38. The Balaban J connectivity index is 2.11. The minimum absolute atomic E-state index is 0.0486. The number of nitrogens with zero attached hydrogens (tertiary/aromatic N) is 1. The number of hydrogen-bond donors (Lipinski definition) is 2. The molecule has 0 bridgehead atoms. The van der Waals surface area contributed by atoms with E-state index in [0.29, 0.717) is 10.9 Å². The lowest BCUT2D eigenvalue weighted by atomic mass is 10.1. The molecule has 0 aliphatic heterocycles. The highest BCUT2D eigenvalue weighted by Gasteiger charge is 2.24. The number of fused-ring (bicyclic) bond motifs is 1. The topological polar surface area (TPSA) is 114 Å². The molecular formula is C17H12BrN3O5. The second-order valence-electron chi connectivity index (χ2n) is 5.28. The highest BCUT2D eigenvalue weighted by molar-refractivity contribution is 9.10. The second-order valence-corrected chi connectivity index (χ2v) is 6.20. The number of carbonyl (C=O) groups excluding carboxylic acids is 2. The maximum absolute atomic E-state index is 12.6. The summed E-state index contributed by atoms with van der Waals surface area (Å²) in [5, 5.41) is 14.3. The van der Waals surface area contributed by atoms with E-state index in [2.05, 4.69) is 26.2 Å². The van der Waals surface area contributed by atoms with Gasteiger partial charge in [-0.2, -0.15) is 0 Å². The molecule has 1 amide bonds. The maximum atomic E-state index is 12.6. The van der Waals surface area contributed by atoms with Crippen molar-refractivity contribution in [1.82, 2.24) is 4.98 Å². The molecule has 0 fully saturated rings. The van der Waals surface area contributed by atoms with Gasteiger partial charge < -0.3 is 15.0 Å². The largest absolute Gasteiger partial charge is 0.464 e. The van der Waals surface area contributed by atoms with Crippen LogP contribution in [0.5, 0.6) is 0 Å². The van der Waals surface area contributed by atoms with E-state index in [9.17, 15) is 19.7 Å². The van der Waals surface area contributed by atoms with E-state index < -0.39 is 16.8 Å². The van der Waals surface area contributed by atoms with Gasteiger partial charge in [0.25, 0.3) is 11.6 Å². The number of ether oxygens (including phenoxy) is 1. The van der Waals surface area contributed by atoms with Crippen LogP contribution >= 0.6 is 15.9 Å². The Labute approximate surface area is 155 Å². The number of aromatic amines is 1. The van der Waals surface area contributed by atoms with Crippen molar-refractivity contribution in [2.45, 2.75) is 0 Å². The van der Waals surface area contributed by atoms with Gasteiger partial charge in [-0.05, 0) is 24.3 Å². The summed E-state index contributed by atoms with van der Waals surface area (Å²) in [4.78, 5) is 38.1. The number of amides is 1. The summed E-state index contributed by atoms with van der Waals surface area (Å²) in [6, 6.07) is 10.8. The minimum Gasteiger partial charge on any atom is -0.464 e. The van der Waals surface area contributed by atoms with Crippen LogP contribution in [0.2, 0.25) is 0 Å². The van der Waals surface area contributed by atoms with Crippen LogP contribution in [0.3, 0.4) is 0 Å². The molecule has 9 heteroatoms. The SMILES string of the molecule is COC(=O)c1[nH]c2ccc(Br)cc2c1NC(=O)c1ccccc1[N+](=O)[O-]. The van der Waals surface area contributed by atoms with Crippen molar-refractivity contribution in [1.29, 1.82) is 0 Å². The lowest BCUT2D eigenvalue weighted by Crippen LogP contribution is -2.16. The van der Waals surface area contributed by atoms with Gasteiger partial charge in [0.1, 0.15) is 11.3 Å². The molecule has 3 aromatic rings. The van der Waals surface area contributed by atoms with Crippen LogP contribution in [0.1, 0.15) is 20.8 Å². The van der Waals surface area contributed by atoms with Crippen LogP contribution in [0.15, 0.2) is 46.9 Å². The van der Waals surface area contributed by atoms with Crippen LogP contribution in [-0.4, -0.2) is 28.9 Å². The fourth-order valence-electron chi connectivity index (χ4n) is 2.55. The number of benzene rings is 2. The van der Waals surface area contributed by atoms with E-state index in [0.717, 1.165) is 4.47 Å². The van der Waals surface area contributed by atoms with Gasteiger partial charge in [-0.3, -0.25) is 14.9 Å². The lowest BCUT2D eigenvalue weighted by Gasteiger charge is -2.07. The Morgan fingerprint density at radius 2 is 1.96 bits per heavy atom. The first-order valence-electron chi connectivity index (χ1n) is 7.36. The van der Waals surface area contributed by atoms with Crippen LogP contribution < -0.4 is 5.32 Å². The predicted octanol–water partition coefficient (Wildman–Crippen LogP) is 3.88. The van der Waals surface area contributed by atoms with Gasteiger partial charge in [0.2, 0.25) is 0 Å². The molecule has 2 aromatic carbocycles. The third-order valence-corrected chi connectivity index (χ3v) is 4.23. The van der Waals surface area contributed by atoms with Crippen LogP contribution in [-0.2, 0) is 4.74 Å². The number of halogens is 1. The number of carbonyl (C=O) groups is 2. The number of nitrogens with one attached hydrogen (secondary N) is 2. The van der Waals surface area contributed by atoms with Gasteiger partial charge in [0, 0.05) is 21.4 Å². The Kier molecular flexibility index (Phi) is 4.72. The molecule has 0 aliphatic carbocycles. The van der Waals surface area contributed by atoms with Crippen molar-refractivity contribution in [3.05, 3.63) is 68.3 Å². The van der Waals surface area contributed by atoms with Gasteiger partial charge in [-0.1, -0.05) is 28.1 Å². The number of H-pyrrole nitrogens is 1. The zero-order chi connectivity index (χ0) is 18.8. The van der Waals surface area contributed by atoms with Crippen molar-refractivity contribution >= 4 is 50.1 Å². The number of para-hydroxylation sites is 1. The van der Waals surface area contributed by atoms with E-state index in [4.69, 9.17) is 4.74 Å². The molecule has 0 saturated carbocycles. The third kappa shape index (κ3) is 3.16. The van der Waals surface area contributed by atoms with Gasteiger partial charge in [-0.15, -0.1) is 0 Å². The van der Waals surface area contributed by atoms with Crippen molar-refractivity contribution in [3.63, 3.8) is 0 Å². The van der Waals surface area contributed by atoms with E-state index >= 15 is 0 Å². The molecule has 3 rings (SSSR count). The summed E-state index contributed by atoms with van der Waals surface area (Å²) in [5.41, 5.74) is 0.401. The second kappa shape index (κ2) is 6.96. The summed E-state index contributed by atoms with van der Waals surface area (Å²) in [6.45, 7) is 0. The number of methoxy groups -OCH3 is 1. The fraction of sp³-hybridized carbons (Fsp3) is 0.0588. The first-order valence-corrected chi connectivity index (χ1v) is 8.16. The van der Waals surface area contributed by atoms with E-state index in [1.165, 1.54) is 31.4 Å². The Morgan fingerprint density at radius 1 is 1.23 bits per heavy atom. The number of esters is 1. The number of hydrogen-bond acceptors (Lipinski definition) is 5. The number of nitro benzene ring substituents is 1. The maximum Gasteiger partial charge on any atom is 0.356 e. The molecule has 2 N–H and O–H groups in total. The Bertz CT molecular complexity index is 1040. The van der Waals surface area contributed by atoms with E-state index in [1.54, 1.807) is 18.2 Å². The number of anilines is 1. The van der Waals surface area contributed by atoms with Gasteiger partial charge in [0.05, 0.1) is 17.7 Å². The highest BCUT2D eigenvalue weighted by atomic mass is 79.9. The van der Waals surface area contributed by atoms with Gasteiger partial charge >= 0.3 is 5.97 Å². The standard InChI is InChI=1S/C17H12BrN3O5/c1-26-17(23)15-14(11-8-9(18)6-7-12(11)19-15)20-16(22)10-4-2-3-5-13(10)21(24)25/h2-8,19H,1H3,(H,20,22). The van der Waals surface area contributed by atoms with Crippen molar-refractivity contribution in [3.8, 4) is 0 Å². The van der Waals surface area contributed by atoms with E-state index in [1.807, 2.05) is 0 Å². The molecular weight excluding hydrogens is 406 g/mol. The molecule has 0 spiro atoms. The number of nitro groups is 1. The van der Waals surface area contributed by atoms with Crippen LogP contribution in [0, 0.1) is 10.1 Å². The average Bonchev–Trinajstić information content (AvgIpc) is 2.98. The first-order chi connectivity index (χ1) is 12.4. The lowest BCUT2D eigenvalue weighted by molar-refractivity contribution is -0.385. The molecule has 0 unspecified atom stereocenters. The normalized spacial score (nSPS) is 10.5. The van der Waals surface area contributed by atoms with Gasteiger partial charge in [0.15, 0.2) is 0 Å². The zero-order valence-electron chi connectivity index (χ0n) is 13.4. The molecule has 0 aliphatic rings. The molecule has 8 nitrogen and oxygen atoms in total. The van der Waals surface area contributed by atoms with Crippen LogP contribution in [0.25, 0.3) is 10.9 Å². The quantitative estimate of drug-likeness (QED) is 0.379. The fourth-order valence-corrected chi connectivity index (χ4v) is 2.92.